The van der Waals surface area contributed by atoms with Gasteiger partial charge in [-0.25, -0.2) is 0 Å². The van der Waals surface area contributed by atoms with Crippen molar-refractivity contribution in [2.45, 2.75) is 39.8 Å². The van der Waals surface area contributed by atoms with Gasteiger partial charge in [0.25, 0.3) is 0 Å². The first kappa shape index (κ1) is 18.2. The smallest absolute Gasteiger partial charge is 0.158 e. The predicted molar refractivity (Wildman–Crippen MR) is 89.0 cm³/mol. The molecule has 0 aliphatic rings. The maximum Gasteiger partial charge on any atom is 0.158 e. The fourth-order valence-electron chi connectivity index (χ4n) is 2.83. The molecule has 1 aromatic carbocycles. The van der Waals surface area contributed by atoms with Crippen molar-refractivity contribution in [1.29, 1.82) is 10.5 Å². The minimum absolute atomic E-state index is 0.238. The highest BCUT2D eigenvalue weighted by atomic mass is 15.3. The molecular weight excluding hydrogens is 272 g/mol. The molecule has 1 rings (SSSR count). The third-order valence-corrected chi connectivity index (χ3v) is 4.14. The second-order valence-corrected chi connectivity index (χ2v) is 5.17. The van der Waals surface area contributed by atoms with E-state index in [2.05, 4.69) is 49.6 Å². The number of nitriles is 2. The van der Waals surface area contributed by atoms with Crippen molar-refractivity contribution in [1.82, 2.24) is 9.80 Å². The number of benzene rings is 1. The maximum absolute atomic E-state index is 9.00. The zero-order valence-corrected chi connectivity index (χ0v) is 14.1. The quantitative estimate of drug-likeness (QED) is 0.689. The molecule has 0 aliphatic carbocycles. The van der Waals surface area contributed by atoms with Gasteiger partial charge in [0.15, 0.2) is 5.92 Å². The molecule has 0 unspecified atom stereocenters. The molecule has 4 nitrogen and oxygen atoms in total. The fourth-order valence-corrected chi connectivity index (χ4v) is 2.83. The van der Waals surface area contributed by atoms with Gasteiger partial charge in [-0.15, -0.1) is 0 Å². The summed E-state index contributed by atoms with van der Waals surface area (Å²) in [6.45, 7) is 12.6. The zero-order valence-electron chi connectivity index (χ0n) is 14.1. The summed E-state index contributed by atoms with van der Waals surface area (Å²) in [5, 5.41) is 18.0. The Bertz CT molecular complexity index is 490. The summed E-state index contributed by atoms with van der Waals surface area (Å²) in [7, 11) is 0. The molecule has 0 atom stereocenters. The molecule has 22 heavy (non-hydrogen) atoms. The van der Waals surface area contributed by atoms with Crippen LogP contribution in [0, 0.1) is 22.7 Å². The summed E-state index contributed by atoms with van der Waals surface area (Å²) < 4.78 is 0. The van der Waals surface area contributed by atoms with Gasteiger partial charge in [0.1, 0.15) is 0 Å². The Morgan fingerprint density at radius 1 is 0.773 bits per heavy atom. The molecule has 1 aromatic rings. The first-order valence-corrected chi connectivity index (χ1v) is 8.03. The second-order valence-electron chi connectivity index (χ2n) is 5.17. The Morgan fingerprint density at radius 3 is 1.45 bits per heavy atom. The van der Waals surface area contributed by atoms with E-state index in [-0.39, 0.29) is 6.17 Å². The molecule has 0 aromatic heterocycles. The van der Waals surface area contributed by atoms with Gasteiger partial charge in [-0.1, -0.05) is 52.0 Å². The van der Waals surface area contributed by atoms with Crippen LogP contribution in [-0.4, -0.2) is 36.0 Å². The lowest BCUT2D eigenvalue weighted by atomic mass is 9.99. The van der Waals surface area contributed by atoms with Crippen LogP contribution in [0.4, 0.5) is 0 Å². The molecule has 0 aliphatic heterocycles. The van der Waals surface area contributed by atoms with Crippen molar-refractivity contribution in [2.75, 3.05) is 26.2 Å². The maximum atomic E-state index is 9.00. The summed E-state index contributed by atoms with van der Waals surface area (Å²) in [5.74, 6) is -0.686. The molecule has 0 fully saturated rings. The van der Waals surface area contributed by atoms with Crippen molar-refractivity contribution in [2.24, 2.45) is 0 Å². The van der Waals surface area contributed by atoms with Gasteiger partial charge in [-0.2, -0.15) is 10.5 Å². The molecule has 0 N–H and O–H groups in total. The first-order chi connectivity index (χ1) is 10.7. The summed E-state index contributed by atoms with van der Waals surface area (Å²) in [5.41, 5.74) is 1.98. The lowest BCUT2D eigenvalue weighted by molar-refractivity contribution is 0.0560. The fraction of sp³-hybridized carbons (Fsp3) is 0.556. The summed E-state index contributed by atoms with van der Waals surface area (Å²) >= 11 is 0. The van der Waals surface area contributed by atoms with Crippen molar-refractivity contribution in [3.8, 4) is 12.1 Å². The largest absolute Gasteiger partial charge is 0.285 e. The van der Waals surface area contributed by atoms with Crippen molar-refractivity contribution in [3.63, 3.8) is 0 Å². The van der Waals surface area contributed by atoms with Gasteiger partial charge in [0.05, 0.1) is 18.3 Å². The van der Waals surface area contributed by atoms with Crippen molar-refractivity contribution >= 4 is 0 Å². The van der Waals surface area contributed by atoms with E-state index in [1.807, 2.05) is 24.3 Å². The van der Waals surface area contributed by atoms with E-state index in [1.165, 1.54) is 5.56 Å². The average Bonchev–Trinajstić information content (AvgIpc) is 2.57. The topological polar surface area (TPSA) is 54.1 Å². The summed E-state index contributed by atoms with van der Waals surface area (Å²) in [6.07, 6.45) is 0.238. The average molecular weight is 298 g/mol. The molecule has 0 bridgehead atoms. The van der Waals surface area contributed by atoms with Gasteiger partial charge in [-0.3, -0.25) is 9.80 Å². The van der Waals surface area contributed by atoms with E-state index < -0.39 is 5.92 Å². The SMILES string of the molecule is CCN(CC)C(c1ccc(C(C#N)C#N)cc1)N(CC)CC. The predicted octanol–water partition coefficient (Wildman–Crippen LogP) is 3.50. The number of rotatable bonds is 8. The Balaban J connectivity index is 3.15. The molecular formula is C18H26N4. The van der Waals surface area contributed by atoms with Crippen molar-refractivity contribution in [3.05, 3.63) is 35.4 Å². The lowest BCUT2D eigenvalue weighted by Gasteiger charge is -2.38. The number of nitrogens with zero attached hydrogens (tertiary/aromatic N) is 4. The zero-order chi connectivity index (χ0) is 16.5. The molecule has 0 radical (unpaired) electrons. The highest BCUT2D eigenvalue weighted by Crippen LogP contribution is 2.26. The molecule has 4 heteroatoms. The highest BCUT2D eigenvalue weighted by Gasteiger charge is 2.23. The first-order valence-electron chi connectivity index (χ1n) is 8.03. The van der Waals surface area contributed by atoms with Crippen LogP contribution in [0.5, 0.6) is 0 Å². The van der Waals surface area contributed by atoms with E-state index in [0.29, 0.717) is 0 Å². The second kappa shape index (κ2) is 9.20. The summed E-state index contributed by atoms with van der Waals surface area (Å²) in [4.78, 5) is 4.85. The van der Waals surface area contributed by atoms with Crippen LogP contribution in [0.15, 0.2) is 24.3 Å². The van der Waals surface area contributed by atoms with Gasteiger partial charge in [0.2, 0.25) is 0 Å². The Kier molecular flexibility index (Phi) is 7.60. The van der Waals surface area contributed by atoms with E-state index in [9.17, 15) is 0 Å². The Labute approximate surface area is 134 Å². The van der Waals surface area contributed by atoms with Crippen LogP contribution in [0.2, 0.25) is 0 Å². The summed E-state index contributed by atoms with van der Waals surface area (Å²) in [6, 6.07) is 12.0. The highest BCUT2D eigenvalue weighted by molar-refractivity contribution is 5.34. The van der Waals surface area contributed by atoms with Crippen LogP contribution in [0.25, 0.3) is 0 Å². The van der Waals surface area contributed by atoms with Gasteiger partial charge >= 0.3 is 0 Å². The standard InChI is InChI=1S/C18H26N4/c1-5-21(6-2)18(22(7-3)8-4)16-11-9-15(10-12-16)17(13-19)14-20/h9-12,17-18H,5-8H2,1-4H3. The Hall–Kier alpha value is -1.88. The molecule has 0 spiro atoms. The monoisotopic (exact) mass is 298 g/mol. The van der Waals surface area contributed by atoms with E-state index >= 15 is 0 Å². The van der Waals surface area contributed by atoms with Crippen LogP contribution < -0.4 is 0 Å². The molecule has 0 amide bonds. The molecule has 0 saturated heterocycles. The number of hydrogen-bond acceptors (Lipinski definition) is 4. The van der Waals surface area contributed by atoms with Crippen LogP contribution in [-0.2, 0) is 0 Å². The van der Waals surface area contributed by atoms with Gasteiger partial charge in [-0.05, 0) is 37.3 Å². The van der Waals surface area contributed by atoms with Crippen LogP contribution in [0.3, 0.4) is 0 Å². The van der Waals surface area contributed by atoms with E-state index in [4.69, 9.17) is 10.5 Å². The third kappa shape index (κ3) is 4.07. The van der Waals surface area contributed by atoms with E-state index in [0.717, 1.165) is 31.7 Å². The van der Waals surface area contributed by atoms with Crippen LogP contribution in [0.1, 0.15) is 50.9 Å². The number of hydrogen-bond donors (Lipinski definition) is 0. The Morgan fingerprint density at radius 2 is 1.14 bits per heavy atom. The molecule has 0 heterocycles. The van der Waals surface area contributed by atoms with Gasteiger partial charge < -0.3 is 0 Å². The minimum Gasteiger partial charge on any atom is -0.285 e. The third-order valence-electron chi connectivity index (χ3n) is 4.14. The van der Waals surface area contributed by atoms with E-state index in [1.54, 1.807) is 0 Å². The normalized spacial score (nSPS) is 11.2. The van der Waals surface area contributed by atoms with Crippen molar-refractivity contribution < 1.29 is 0 Å². The lowest BCUT2D eigenvalue weighted by Crippen LogP contribution is -2.41. The van der Waals surface area contributed by atoms with Crippen LogP contribution >= 0.6 is 0 Å². The van der Waals surface area contributed by atoms with Gasteiger partial charge in [0, 0.05) is 0 Å². The minimum atomic E-state index is -0.686. The molecule has 0 saturated carbocycles. The molecule has 118 valence electrons.